The summed E-state index contributed by atoms with van der Waals surface area (Å²) in [7, 11) is -3.85. The van der Waals surface area contributed by atoms with Gasteiger partial charge in [-0.1, -0.05) is 17.7 Å². The predicted molar refractivity (Wildman–Crippen MR) is 78.3 cm³/mol. The highest BCUT2D eigenvalue weighted by molar-refractivity contribution is 7.94. The molecule has 20 heavy (non-hydrogen) atoms. The molecule has 0 atom stereocenters. The largest absolute Gasteiger partial charge is 0.478 e. The number of benzene rings is 1. The van der Waals surface area contributed by atoms with Crippen molar-refractivity contribution in [3.8, 4) is 0 Å². The Morgan fingerprint density at radius 2 is 2.00 bits per heavy atom. The van der Waals surface area contributed by atoms with E-state index < -0.39 is 16.0 Å². The summed E-state index contributed by atoms with van der Waals surface area (Å²) >= 11 is 6.98. The molecule has 0 saturated heterocycles. The number of sulfonamides is 1. The Hall–Kier alpha value is -1.57. The highest BCUT2D eigenvalue weighted by atomic mass is 35.5. The number of para-hydroxylation sites is 1. The second-order valence-corrected chi connectivity index (χ2v) is 7.54. The number of carboxylic acids is 1. The van der Waals surface area contributed by atoms with Gasteiger partial charge in [-0.2, -0.15) is 0 Å². The van der Waals surface area contributed by atoms with Gasteiger partial charge in [0.05, 0.1) is 16.3 Å². The third-order valence-electron chi connectivity index (χ3n) is 2.46. The number of halogens is 1. The van der Waals surface area contributed by atoms with E-state index in [0.717, 1.165) is 16.2 Å². The van der Waals surface area contributed by atoms with Gasteiger partial charge in [0, 0.05) is 4.88 Å². The molecule has 0 amide bonds. The monoisotopic (exact) mass is 331 g/mol. The lowest BCUT2D eigenvalue weighted by atomic mass is 10.2. The summed E-state index contributed by atoms with van der Waals surface area (Å²) in [6.07, 6.45) is 0. The minimum absolute atomic E-state index is 0.0294. The lowest BCUT2D eigenvalue weighted by Gasteiger charge is -2.10. The van der Waals surface area contributed by atoms with Crippen LogP contribution < -0.4 is 4.72 Å². The van der Waals surface area contributed by atoms with Crippen molar-refractivity contribution in [3.05, 3.63) is 45.8 Å². The van der Waals surface area contributed by atoms with Gasteiger partial charge in [0.1, 0.15) is 4.21 Å². The van der Waals surface area contributed by atoms with Gasteiger partial charge in [0.15, 0.2) is 0 Å². The van der Waals surface area contributed by atoms with E-state index in [4.69, 9.17) is 16.7 Å². The second kappa shape index (κ2) is 5.43. The maximum atomic E-state index is 12.2. The molecular formula is C12H10ClNO4S2. The fraction of sp³-hybridized carbons (Fsp3) is 0.0833. The number of aryl methyl sites for hydroxylation is 1. The third kappa shape index (κ3) is 2.95. The molecule has 0 bridgehead atoms. The topological polar surface area (TPSA) is 83.5 Å². The molecule has 2 rings (SSSR count). The number of nitrogens with one attached hydrogen (secondary N) is 1. The summed E-state index contributed by atoms with van der Waals surface area (Å²) in [6, 6.07) is 7.28. The zero-order chi connectivity index (χ0) is 14.9. The van der Waals surface area contributed by atoms with Crippen molar-refractivity contribution in [2.75, 3.05) is 4.72 Å². The van der Waals surface area contributed by atoms with E-state index in [9.17, 15) is 13.2 Å². The molecule has 0 fully saturated rings. The van der Waals surface area contributed by atoms with Crippen LogP contribution in [0.3, 0.4) is 0 Å². The van der Waals surface area contributed by atoms with Gasteiger partial charge in [-0.05, 0) is 31.2 Å². The minimum atomic E-state index is -3.85. The van der Waals surface area contributed by atoms with Crippen LogP contribution in [0.5, 0.6) is 0 Å². The van der Waals surface area contributed by atoms with Gasteiger partial charge < -0.3 is 5.11 Å². The van der Waals surface area contributed by atoms with Crippen molar-refractivity contribution >= 4 is 44.6 Å². The molecule has 0 unspecified atom stereocenters. The molecule has 0 spiro atoms. The van der Waals surface area contributed by atoms with Crippen LogP contribution in [0.1, 0.15) is 15.2 Å². The van der Waals surface area contributed by atoms with Crippen LogP contribution >= 0.6 is 22.9 Å². The van der Waals surface area contributed by atoms with E-state index in [2.05, 4.69) is 4.72 Å². The lowest BCUT2D eigenvalue weighted by Crippen LogP contribution is -2.15. The van der Waals surface area contributed by atoms with Crippen LogP contribution in [0, 0.1) is 6.92 Å². The van der Waals surface area contributed by atoms with Crippen molar-refractivity contribution in [2.45, 2.75) is 11.1 Å². The van der Waals surface area contributed by atoms with Crippen LogP contribution in [0.2, 0.25) is 5.02 Å². The minimum Gasteiger partial charge on any atom is -0.478 e. The average molecular weight is 332 g/mol. The highest BCUT2D eigenvalue weighted by Crippen LogP contribution is 2.30. The average Bonchev–Trinajstić information content (AvgIpc) is 2.79. The quantitative estimate of drug-likeness (QED) is 0.901. The number of rotatable bonds is 4. The molecule has 0 saturated carbocycles. The molecule has 0 aliphatic rings. The number of anilines is 1. The van der Waals surface area contributed by atoms with Crippen LogP contribution in [-0.4, -0.2) is 19.5 Å². The van der Waals surface area contributed by atoms with E-state index in [-0.39, 0.29) is 20.5 Å². The standard InChI is InChI=1S/C12H10ClNO4S2/c1-7-5-6-10(19-7)20(17,18)14-11-8(12(15)16)3-2-4-9(11)13/h2-6,14H,1H3,(H,15,16). The molecule has 0 radical (unpaired) electrons. The maximum absolute atomic E-state index is 12.2. The SMILES string of the molecule is Cc1ccc(S(=O)(=O)Nc2c(Cl)cccc2C(=O)O)s1. The summed E-state index contributed by atoms with van der Waals surface area (Å²) in [4.78, 5) is 11.9. The van der Waals surface area contributed by atoms with E-state index in [1.54, 1.807) is 13.0 Å². The lowest BCUT2D eigenvalue weighted by molar-refractivity contribution is 0.0698. The van der Waals surface area contributed by atoms with Crippen molar-refractivity contribution in [3.63, 3.8) is 0 Å². The van der Waals surface area contributed by atoms with Crippen molar-refractivity contribution in [2.24, 2.45) is 0 Å². The van der Waals surface area contributed by atoms with E-state index in [1.807, 2.05) is 0 Å². The summed E-state index contributed by atoms with van der Waals surface area (Å²) in [5, 5.41) is 9.10. The van der Waals surface area contributed by atoms with Crippen LogP contribution in [0.25, 0.3) is 0 Å². The van der Waals surface area contributed by atoms with Gasteiger partial charge in [0.2, 0.25) is 0 Å². The smallest absolute Gasteiger partial charge is 0.337 e. The number of hydrogen-bond acceptors (Lipinski definition) is 4. The third-order valence-corrected chi connectivity index (χ3v) is 5.62. The molecule has 8 heteroatoms. The first-order valence-electron chi connectivity index (χ1n) is 5.42. The molecule has 2 N–H and O–H groups in total. The number of carboxylic acid groups (broad SMARTS) is 1. The molecule has 2 aromatic rings. The Morgan fingerprint density at radius 3 is 2.55 bits per heavy atom. The van der Waals surface area contributed by atoms with Gasteiger partial charge in [-0.25, -0.2) is 13.2 Å². The maximum Gasteiger partial charge on any atom is 0.337 e. The van der Waals surface area contributed by atoms with Gasteiger partial charge in [-0.3, -0.25) is 4.72 Å². The first kappa shape index (κ1) is 14.8. The summed E-state index contributed by atoms with van der Waals surface area (Å²) in [5.74, 6) is -1.26. The molecule has 1 heterocycles. The summed E-state index contributed by atoms with van der Waals surface area (Å²) < 4.78 is 26.7. The number of thiophene rings is 1. The molecule has 106 valence electrons. The molecule has 0 aliphatic heterocycles. The van der Waals surface area contributed by atoms with Crippen LogP contribution in [-0.2, 0) is 10.0 Å². The molecule has 1 aromatic carbocycles. The Kier molecular flexibility index (Phi) is 4.03. The zero-order valence-corrected chi connectivity index (χ0v) is 12.6. The first-order valence-corrected chi connectivity index (χ1v) is 8.10. The second-order valence-electron chi connectivity index (χ2n) is 3.94. The highest BCUT2D eigenvalue weighted by Gasteiger charge is 2.21. The molecular weight excluding hydrogens is 322 g/mol. The van der Waals surface area contributed by atoms with E-state index >= 15 is 0 Å². The Labute approximate surface area is 124 Å². The van der Waals surface area contributed by atoms with E-state index in [0.29, 0.717) is 0 Å². The van der Waals surface area contributed by atoms with Gasteiger partial charge >= 0.3 is 5.97 Å². The normalized spacial score (nSPS) is 11.3. The van der Waals surface area contributed by atoms with Gasteiger partial charge in [-0.15, -0.1) is 11.3 Å². The molecule has 1 aromatic heterocycles. The fourth-order valence-corrected chi connectivity index (χ4v) is 4.21. The predicted octanol–water partition coefficient (Wildman–Crippen LogP) is 3.21. The fourth-order valence-electron chi connectivity index (χ4n) is 1.55. The Morgan fingerprint density at radius 1 is 1.30 bits per heavy atom. The van der Waals surface area contributed by atoms with Crippen molar-refractivity contribution in [1.82, 2.24) is 0 Å². The Balaban J connectivity index is 2.47. The first-order chi connectivity index (χ1) is 9.31. The van der Waals surface area contributed by atoms with Gasteiger partial charge in [0.25, 0.3) is 10.0 Å². The Bertz CT molecular complexity index is 768. The van der Waals surface area contributed by atoms with Crippen molar-refractivity contribution < 1.29 is 18.3 Å². The number of aromatic carboxylic acids is 1. The van der Waals surface area contributed by atoms with Crippen molar-refractivity contribution in [1.29, 1.82) is 0 Å². The zero-order valence-electron chi connectivity index (χ0n) is 10.3. The van der Waals surface area contributed by atoms with Crippen LogP contribution in [0.4, 0.5) is 5.69 Å². The summed E-state index contributed by atoms with van der Waals surface area (Å²) in [5.41, 5.74) is -0.331. The molecule has 0 aliphatic carbocycles. The molecule has 5 nitrogen and oxygen atoms in total. The van der Waals surface area contributed by atoms with Crippen LogP contribution in [0.15, 0.2) is 34.5 Å². The number of hydrogen-bond donors (Lipinski definition) is 2. The van der Waals surface area contributed by atoms with E-state index in [1.165, 1.54) is 24.3 Å². The summed E-state index contributed by atoms with van der Waals surface area (Å²) in [6.45, 7) is 1.78. The number of carbonyl (C=O) groups is 1.